The van der Waals surface area contributed by atoms with Crippen LogP contribution in [0, 0.1) is 0 Å². The number of nitrogens with zero attached hydrogens (tertiary/aromatic N) is 2. The Hall–Kier alpha value is -1.36. The van der Waals surface area contributed by atoms with Gasteiger partial charge in [-0.15, -0.1) is 0 Å². The lowest BCUT2D eigenvalue weighted by Gasteiger charge is -2.12. The molecule has 1 fully saturated rings. The zero-order valence-electron chi connectivity index (χ0n) is 9.35. The molecule has 5 nitrogen and oxygen atoms in total. The van der Waals surface area contributed by atoms with Crippen LogP contribution in [0.25, 0.3) is 0 Å². The molecule has 2 rings (SSSR count). The highest BCUT2D eigenvalue weighted by Gasteiger charge is 2.17. The van der Waals surface area contributed by atoms with E-state index >= 15 is 0 Å². The highest BCUT2D eigenvalue weighted by atomic mass is 16.2. The molecule has 0 unspecified atom stereocenters. The number of carbonyl (C=O) groups is 1. The van der Waals surface area contributed by atoms with Gasteiger partial charge in [-0.25, -0.2) is 4.98 Å². The molecule has 1 aromatic heterocycles. The monoisotopic (exact) mass is 222 g/mol. The minimum atomic E-state index is 0.0552. The standard InChI is InChI=1S/C11H18N4O/c12-7-10-13-5-6-15(10)8-11(16)14-9-3-1-2-4-9/h5-6,9H,1-4,7-8,12H2,(H,14,16). The van der Waals surface area contributed by atoms with Gasteiger partial charge in [-0.2, -0.15) is 0 Å². The Bertz CT molecular complexity index is 355. The summed E-state index contributed by atoms with van der Waals surface area (Å²) < 4.78 is 1.80. The number of imidazole rings is 1. The Balaban J connectivity index is 1.86. The van der Waals surface area contributed by atoms with Gasteiger partial charge in [-0.3, -0.25) is 4.79 Å². The van der Waals surface area contributed by atoms with Gasteiger partial charge in [0.1, 0.15) is 12.4 Å². The van der Waals surface area contributed by atoms with Crippen molar-refractivity contribution in [1.82, 2.24) is 14.9 Å². The van der Waals surface area contributed by atoms with E-state index in [1.165, 1.54) is 12.8 Å². The van der Waals surface area contributed by atoms with Gasteiger partial charge < -0.3 is 15.6 Å². The van der Waals surface area contributed by atoms with E-state index in [1.54, 1.807) is 17.0 Å². The summed E-state index contributed by atoms with van der Waals surface area (Å²) in [4.78, 5) is 15.8. The molecule has 0 saturated heterocycles. The van der Waals surface area contributed by atoms with E-state index in [4.69, 9.17) is 5.73 Å². The van der Waals surface area contributed by atoms with Gasteiger partial charge in [0.15, 0.2) is 0 Å². The largest absolute Gasteiger partial charge is 0.352 e. The molecule has 3 N–H and O–H groups in total. The number of aromatic nitrogens is 2. The molecule has 1 aliphatic rings. The first-order valence-electron chi connectivity index (χ1n) is 5.79. The summed E-state index contributed by atoms with van der Waals surface area (Å²) >= 11 is 0. The highest BCUT2D eigenvalue weighted by Crippen LogP contribution is 2.17. The number of nitrogens with two attached hydrogens (primary N) is 1. The van der Waals surface area contributed by atoms with Gasteiger partial charge in [0.05, 0.1) is 6.54 Å². The Morgan fingerprint density at radius 3 is 3.00 bits per heavy atom. The van der Waals surface area contributed by atoms with Gasteiger partial charge in [0.25, 0.3) is 0 Å². The van der Waals surface area contributed by atoms with Crippen molar-refractivity contribution < 1.29 is 4.79 Å². The smallest absolute Gasteiger partial charge is 0.240 e. The van der Waals surface area contributed by atoms with Gasteiger partial charge in [0.2, 0.25) is 5.91 Å². The molecule has 16 heavy (non-hydrogen) atoms. The van der Waals surface area contributed by atoms with Crippen LogP contribution in [0.1, 0.15) is 31.5 Å². The lowest BCUT2D eigenvalue weighted by atomic mass is 10.2. The van der Waals surface area contributed by atoms with E-state index < -0.39 is 0 Å². The summed E-state index contributed by atoms with van der Waals surface area (Å²) in [5.74, 6) is 0.807. The average Bonchev–Trinajstić information content (AvgIpc) is 2.88. The summed E-state index contributed by atoms with van der Waals surface area (Å²) in [6.45, 7) is 0.687. The average molecular weight is 222 g/mol. The second-order valence-corrected chi connectivity index (χ2v) is 4.22. The molecular formula is C11H18N4O. The quantitative estimate of drug-likeness (QED) is 0.774. The van der Waals surface area contributed by atoms with E-state index in [-0.39, 0.29) is 5.91 Å². The maximum atomic E-state index is 11.7. The summed E-state index contributed by atoms with van der Waals surface area (Å²) in [7, 11) is 0. The summed E-state index contributed by atoms with van der Waals surface area (Å²) in [5.41, 5.74) is 5.52. The van der Waals surface area contributed by atoms with Gasteiger partial charge in [0, 0.05) is 18.4 Å². The van der Waals surface area contributed by atoms with Crippen LogP contribution in [0.2, 0.25) is 0 Å². The van der Waals surface area contributed by atoms with Crippen molar-refractivity contribution in [3.8, 4) is 0 Å². The third kappa shape index (κ3) is 2.61. The second-order valence-electron chi connectivity index (χ2n) is 4.22. The molecule has 1 aliphatic carbocycles. The number of rotatable bonds is 4. The van der Waals surface area contributed by atoms with Crippen LogP contribution in [0.15, 0.2) is 12.4 Å². The highest BCUT2D eigenvalue weighted by molar-refractivity contribution is 5.76. The molecule has 0 atom stereocenters. The van der Waals surface area contributed by atoms with Crippen LogP contribution >= 0.6 is 0 Å². The summed E-state index contributed by atoms with van der Waals surface area (Å²) in [6, 6.07) is 0.373. The first-order valence-corrected chi connectivity index (χ1v) is 5.79. The molecule has 0 aliphatic heterocycles. The number of hydrogen-bond acceptors (Lipinski definition) is 3. The molecule has 1 saturated carbocycles. The Labute approximate surface area is 95.0 Å². The SMILES string of the molecule is NCc1nccn1CC(=O)NC1CCCC1. The first-order chi connectivity index (χ1) is 7.79. The minimum Gasteiger partial charge on any atom is -0.352 e. The van der Waals surface area contributed by atoms with E-state index in [0.717, 1.165) is 18.7 Å². The van der Waals surface area contributed by atoms with E-state index in [2.05, 4.69) is 10.3 Å². The maximum absolute atomic E-state index is 11.7. The molecule has 88 valence electrons. The molecule has 0 bridgehead atoms. The Morgan fingerprint density at radius 2 is 2.31 bits per heavy atom. The number of amides is 1. The molecule has 0 radical (unpaired) electrons. The second kappa shape index (κ2) is 5.12. The van der Waals surface area contributed by atoms with E-state index in [9.17, 15) is 4.79 Å². The van der Waals surface area contributed by atoms with Gasteiger partial charge >= 0.3 is 0 Å². The topological polar surface area (TPSA) is 72.9 Å². The molecule has 0 aromatic carbocycles. The van der Waals surface area contributed by atoms with Crippen molar-refractivity contribution in [2.75, 3.05) is 0 Å². The molecule has 1 amide bonds. The lowest BCUT2D eigenvalue weighted by Crippen LogP contribution is -2.35. The molecular weight excluding hydrogens is 204 g/mol. The molecule has 0 spiro atoms. The first kappa shape index (κ1) is 11.1. The zero-order chi connectivity index (χ0) is 11.4. The van der Waals surface area contributed by atoms with Crippen molar-refractivity contribution in [3.63, 3.8) is 0 Å². The molecule has 1 aromatic rings. The fraction of sp³-hybridized carbons (Fsp3) is 0.636. The van der Waals surface area contributed by atoms with E-state index in [1.807, 2.05) is 0 Å². The number of hydrogen-bond donors (Lipinski definition) is 2. The van der Waals surface area contributed by atoms with Crippen LogP contribution in [-0.2, 0) is 17.9 Å². The van der Waals surface area contributed by atoms with Crippen molar-refractivity contribution in [2.45, 2.75) is 44.8 Å². The van der Waals surface area contributed by atoms with Crippen LogP contribution < -0.4 is 11.1 Å². The van der Waals surface area contributed by atoms with Crippen LogP contribution in [0.5, 0.6) is 0 Å². The van der Waals surface area contributed by atoms with Crippen molar-refractivity contribution in [1.29, 1.82) is 0 Å². The third-order valence-electron chi connectivity index (χ3n) is 3.02. The Kier molecular flexibility index (Phi) is 3.56. The van der Waals surface area contributed by atoms with Crippen LogP contribution in [0.4, 0.5) is 0 Å². The van der Waals surface area contributed by atoms with Crippen LogP contribution in [0.3, 0.4) is 0 Å². The number of carbonyl (C=O) groups excluding carboxylic acids is 1. The molecule has 5 heteroatoms. The van der Waals surface area contributed by atoms with Gasteiger partial charge in [-0.1, -0.05) is 12.8 Å². The van der Waals surface area contributed by atoms with Crippen LogP contribution in [-0.4, -0.2) is 21.5 Å². The maximum Gasteiger partial charge on any atom is 0.240 e. The lowest BCUT2D eigenvalue weighted by molar-refractivity contribution is -0.122. The summed E-state index contributed by atoms with van der Waals surface area (Å²) in [6.07, 6.45) is 8.13. The molecule has 1 heterocycles. The predicted molar refractivity (Wildman–Crippen MR) is 60.5 cm³/mol. The van der Waals surface area contributed by atoms with Gasteiger partial charge in [-0.05, 0) is 12.8 Å². The number of nitrogens with one attached hydrogen (secondary N) is 1. The van der Waals surface area contributed by atoms with E-state index in [0.29, 0.717) is 19.1 Å². The van der Waals surface area contributed by atoms with Crippen molar-refractivity contribution in [3.05, 3.63) is 18.2 Å². The fourth-order valence-electron chi connectivity index (χ4n) is 2.17. The van der Waals surface area contributed by atoms with Crippen molar-refractivity contribution in [2.24, 2.45) is 5.73 Å². The summed E-state index contributed by atoms with van der Waals surface area (Å²) in [5, 5.41) is 3.04. The normalized spacial score (nSPS) is 16.6. The zero-order valence-corrected chi connectivity index (χ0v) is 9.35. The Morgan fingerprint density at radius 1 is 1.56 bits per heavy atom. The third-order valence-corrected chi connectivity index (χ3v) is 3.02. The van der Waals surface area contributed by atoms with Crippen molar-refractivity contribution >= 4 is 5.91 Å². The minimum absolute atomic E-state index is 0.0552. The fourth-order valence-corrected chi connectivity index (χ4v) is 2.17. The predicted octanol–water partition coefficient (Wildman–Crippen LogP) is 0.401.